The molecule has 5 nitrogen and oxygen atoms in total. The molecule has 0 aliphatic carbocycles. The van der Waals surface area contributed by atoms with Gasteiger partial charge in [-0.25, -0.2) is 8.42 Å². The Morgan fingerprint density at radius 1 is 1.38 bits per heavy atom. The Hall–Kier alpha value is -0.470. The third kappa shape index (κ3) is 3.65. The third-order valence-corrected chi connectivity index (χ3v) is 5.97. The summed E-state index contributed by atoms with van der Waals surface area (Å²) in [6, 6.07) is 7.18. The number of ether oxygens (including phenoxy) is 1. The first kappa shape index (κ1) is 16.9. The summed E-state index contributed by atoms with van der Waals surface area (Å²) in [7, 11) is -3.53. The van der Waals surface area contributed by atoms with E-state index in [9.17, 15) is 13.5 Å². The number of aliphatic hydroxyl groups is 1. The first-order valence-corrected chi connectivity index (χ1v) is 9.21. The molecule has 118 valence electrons. The van der Waals surface area contributed by atoms with Crippen LogP contribution in [0.4, 0.5) is 0 Å². The van der Waals surface area contributed by atoms with E-state index in [1.807, 2.05) is 12.1 Å². The largest absolute Gasteiger partial charge is 0.381 e. The number of halogens is 1. The van der Waals surface area contributed by atoms with Gasteiger partial charge in [0.05, 0.1) is 5.25 Å². The van der Waals surface area contributed by atoms with Gasteiger partial charge in [-0.2, -0.15) is 4.72 Å². The van der Waals surface area contributed by atoms with Gasteiger partial charge in [0.2, 0.25) is 10.0 Å². The van der Waals surface area contributed by atoms with E-state index in [1.165, 1.54) is 0 Å². The van der Waals surface area contributed by atoms with Crippen molar-refractivity contribution in [1.82, 2.24) is 4.72 Å². The zero-order valence-electron chi connectivity index (χ0n) is 12.0. The number of benzene rings is 1. The molecule has 0 bridgehead atoms. The lowest BCUT2D eigenvalue weighted by atomic mass is 9.86. The Balaban J connectivity index is 2.32. The standard InChI is InChI=1S/C14H20BrNO4S/c1-10(2)21(18,19)16-13-14(17,8-3-9-20-13)11-4-6-12(15)7-5-11/h4-7,10,13,16-17H,3,8-9H2,1-2H3. The normalized spacial score (nSPS) is 27.0. The van der Waals surface area contributed by atoms with Crippen LogP contribution in [-0.4, -0.2) is 31.6 Å². The Morgan fingerprint density at radius 2 is 2.00 bits per heavy atom. The van der Waals surface area contributed by atoms with E-state index in [-0.39, 0.29) is 0 Å². The SMILES string of the molecule is CC(C)S(=O)(=O)NC1OCCCC1(O)c1ccc(Br)cc1. The molecule has 1 aliphatic rings. The van der Waals surface area contributed by atoms with Crippen molar-refractivity contribution >= 4 is 26.0 Å². The molecule has 1 fully saturated rings. The van der Waals surface area contributed by atoms with Crippen LogP contribution in [0.25, 0.3) is 0 Å². The first-order valence-electron chi connectivity index (χ1n) is 6.87. The van der Waals surface area contributed by atoms with E-state index in [1.54, 1.807) is 26.0 Å². The predicted octanol–water partition coefficient (Wildman–Crippen LogP) is 2.10. The average molecular weight is 378 g/mol. The zero-order chi connectivity index (χ0) is 15.7. The van der Waals surface area contributed by atoms with Gasteiger partial charge >= 0.3 is 0 Å². The number of nitrogens with one attached hydrogen (secondary N) is 1. The fourth-order valence-electron chi connectivity index (χ4n) is 2.26. The van der Waals surface area contributed by atoms with Gasteiger partial charge in [-0.15, -0.1) is 0 Å². The second-order valence-electron chi connectivity index (χ2n) is 5.50. The Bertz CT molecular complexity index is 587. The van der Waals surface area contributed by atoms with Gasteiger partial charge in [0.15, 0.2) is 6.23 Å². The maximum absolute atomic E-state index is 12.1. The van der Waals surface area contributed by atoms with Crippen LogP contribution in [-0.2, 0) is 20.4 Å². The minimum Gasteiger partial charge on any atom is -0.381 e. The molecule has 1 saturated heterocycles. The van der Waals surface area contributed by atoms with Gasteiger partial charge in [0, 0.05) is 11.1 Å². The molecule has 2 N–H and O–H groups in total. The molecule has 7 heteroatoms. The van der Waals surface area contributed by atoms with Crippen LogP contribution in [0.15, 0.2) is 28.7 Å². The highest BCUT2D eigenvalue weighted by atomic mass is 79.9. The van der Waals surface area contributed by atoms with Gasteiger partial charge in [0.25, 0.3) is 0 Å². The van der Waals surface area contributed by atoms with Gasteiger partial charge in [-0.3, -0.25) is 0 Å². The minimum absolute atomic E-state index is 0.421. The van der Waals surface area contributed by atoms with Crippen molar-refractivity contribution in [2.24, 2.45) is 0 Å². The number of hydrogen-bond acceptors (Lipinski definition) is 4. The third-order valence-electron chi connectivity index (χ3n) is 3.66. The summed E-state index contributed by atoms with van der Waals surface area (Å²) in [6.07, 6.45) is 0.145. The number of sulfonamides is 1. The quantitative estimate of drug-likeness (QED) is 0.842. The lowest BCUT2D eigenvalue weighted by Crippen LogP contribution is -2.55. The molecule has 0 saturated carbocycles. The van der Waals surface area contributed by atoms with Crippen LogP contribution in [0.5, 0.6) is 0 Å². The van der Waals surface area contributed by atoms with Crippen molar-refractivity contribution in [3.63, 3.8) is 0 Å². The summed E-state index contributed by atoms with van der Waals surface area (Å²) in [5, 5.41) is 10.4. The topological polar surface area (TPSA) is 75.6 Å². The van der Waals surface area contributed by atoms with Crippen LogP contribution < -0.4 is 4.72 Å². The van der Waals surface area contributed by atoms with Gasteiger partial charge in [-0.1, -0.05) is 28.1 Å². The fourth-order valence-corrected chi connectivity index (χ4v) is 3.36. The molecule has 2 rings (SSSR count). The smallest absolute Gasteiger partial charge is 0.216 e. The van der Waals surface area contributed by atoms with Crippen LogP contribution >= 0.6 is 15.9 Å². The van der Waals surface area contributed by atoms with E-state index >= 15 is 0 Å². The van der Waals surface area contributed by atoms with Crippen molar-refractivity contribution in [1.29, 1.82) is 0 Å². The molecule has 2 unspecified atom stereocenters. The minimum atomic E-state index is -3.53. The maximum Gasteiger partial charge on any atom is 0.216 e. The average Bonchev–Trinajstić information content (AvgIpc) is 2.42. The molecule has 1 aliphatic heterocycles. The van der Waals surface area contributed by atoms with Crippen LogP contribution in [0.3, 0.4) is 0 Å². The molecule has 1 aromatic rings. The van der Waals surface area contributed by atoms with Crippen LogP contribution in [0.1, 0.15) is 32.3 Å². The molecule has 0 amide bonds. The second kappa shape index (κ2) is 6.34. The highest BCUT2D eigenvalue weighted by Gasteiger charge is 2.44. The molecular formula is C14H20BrNO4S. The Morgan fingerprint density at radius 3 is 2.57 bits per heavy atom. The molecule has 0 radical (unpaired) electrons. The highest BCUT2D eigenvalue weighted by Crippen LogP contribution is 2.35. The van der Waals surface area contributed by atoms with Gasteiger partial charge in [0.1, 0.15) is 5.60 Å². The first-order chi connectivity index (χ1) is 9.75. The number of hydrogen-bond donors (Lipinski definition) is 2. The molecule has 0 spiro atoms. The van der Waals surface area contributed by atoms with E-state index in [0.29, 0.717) is 25.0 Å². The van der Waals surface area contributed by atoms with Crippen LogP contribution in [0, 0.1) is 0 Å². The van der Waals surface area contributed by atoms with Crippen molar-refractivity contribution in [3.05, 3.63) is 34.3 Å². The lowest BCUT2D eigenvalue weighted by molar-refractivity contribution is -0.155. The fraction of sp³-hybridized carbons (Fsp3) is 0.571. The van der Waals surface area contributed by atoms with Gasteiger partial charge in [-0.05, 0) is 44.4 Å². The molecule has 1 aromatic carbocycles. The summed E-state index contributed by atoms with van der Waals surface area (Å²) in [5.74, 6) is 0. The molecular weight excluding hydrogens is 358 g/mol. The van der Waals surface area contributed by atoms with Crippen molar-refractivity contribution in [2.75, 3.05) is 6.61 Å². The van der Waals surface area contributed by atoms with Crippen molar-refractivity contribution in [2.45, 2.75) is 43.8 Å². The number of rotatable bonds is 4. The Labute approximate surface area is 133 Å². The highest BCUT2D eigenvalue weighted by molar-refractivity contribution is 9.10. The van der Waals surface area contributed by atoms with Crippen LogP contribution in [0.2, 0.25) is 0 Å². The summed E-state index contributed by atoms with van der Waals surface area (Å²) in [4.78, 5) is 0. The van der Waals surface area contributed by atoms with Crippen molar-refractivity contribution in [3.8, 4) is 0 Å². The summed E-state index contributed by atoms with van der Waals surface area (Å²) in [5.41, 5.74) is -0.720. The predicted molar refractivity (Wildman–Crippen MR) is 84.2 cm³/mol. The zero-order valence-corrected chi connectivity index (χ0v) is 14.4. The van der Waals surface area contributed by atoms with Gasteiger partial charge < -0.3 is 9.84 Å². The molecule has 0 aromatic heterocycles. The molecule has 2 atom stereocenters. The molecule has 21 heavy (non-hydrogen) atoms. The maximum atomic E-state index is 12.1. The van der Waals surface area contributed by atoms with E-state index in [4.69, 9.17) is 4.74 Å². The summed E-state index contributed by atoms with van der Waals surface area (Å²) < 4.78 is 33.0. The van der Waals surface area contributed by atoms with E-state index < -0.39 is 27.1 Å². The van der Waals surface area contributed by atoms with E-state index in [0.717, 1.165) is 4.47 Å². The summed E-state index contributed by atoms with van der Waals surface area (Å²) in [6.45, 7) is 3.60. The monoisotopic (exact) mass is 377 g/mol. The molecule has 1 heterocycles. The lowest BCUT2D eigenvalue weighted by Gasteiger charge is -2.40. The second-order valence-corrected chi connectivity index (χ2v) is 8.68. The van der Waals surface area contributed by atoms with Crippen molar-refractivity contribution < 1.29 is 18.3 Å². The van der Waals surface area contributed by atoms with E-state index in [2.05, 4.69) is 20.7 Å². The Kier molecular flexibility index (Phi) is 5.10. The summed E-state index contributed by atoms with van der Waals surface area (Å²) >= 11 is 3.35.